The Morgan fingerprint density at radius 1 is 1.17 bits per heavy atom. The van der Waals surface area contributed by atoms with Gasteiger partial charge in [-0.2, -0.15) is 0 Å². The van der Waals surface area contributed by atoms with Crippen LogP contribution in [0.2, 0.25) is 0 Å². The molecule has 1 aromatic heterocycles. The molecule has 2 rings (SSSR count). The Bertz CT molecular complexity index is 410. The van der Waals surface area contributed by atoms with Gasteiger partial charge in [0, 0.05) is 31.0 Å². The summed E-state index contributed by atoms with van der Waals surface area (Å²) in [6, 6.07) is 4.11. The number of aromatic nitrogens is 1. The van der Waals surface area contributed by atoms with E-state index in [-0.39, 0.29) is 0 Å². The Kier molecular flexibility index (Phi) is 3.26. The number of hydrogen-bond donors (Lipinski definition) is 2. The second kappa shape index (κ2) is 4.45. The molecule has 0 unspecified atom stereocenters. The lowest BCUT2D eigenvalue weighted by Gasteiger charge is -2.09. The Morgan fingerprint density at radius 2 is 1.83 bits per heavy atom. The molecule has 3 nitrogen and oxygen atoms in total. The molecule has 0 spiro atoms. The first-order chi connectivity index (χ1) is 8.39. The lowest BCUT2D eigenvalue weighted by Crippen LogP contribution is -2.08. The predicted octanol–water partition coefficient (Wildman–Crippen LogP) is 3.61. The summed E-state index contributed by atoms with van der Waals surface area (Å²) in [5.74, 6) is 1.68. The highest BCUT2D eigenvalue weighted by molar-refractivity contribution is 5.52. The Morgan fingerprint density at radius 3 is 2.39 bits per heavy atom. The van der Waals surface area contributed by atoms with E-state index in [0.717, 1.165) is 30.5 Å². The summed E-state index contributed by atoms with van der Waals surface area (Å²) in [6.07, 6.45) is 1.85. The van der Waals surface area contributed by atoms with E-state index in [1.165, 1.54) is 0 Å². The molecule has 1 heterocycles. The molecule has 2 N–H and O–H groups in total. The van der Waals surface area contributed by atoms with Gasteiger partial charge in [0.15, 0.2) is 0 Å². The second-order valence-electron chi connectivity index (χ2n) is 6.34. The molecule has 1 saturated carbocycles. The Labute approximate surface area is 110 Å². The van der Waals surface area contributed by atoms with Crippen LogP contribution in [0.15, 0.2) is 18.3 Å². The summed E-state index contributed by atoms with van der Waals surface area (Å²) in [4.78, 5) is 4.28. The molecule has 18 heavy (non-hydrogen) atoms. The third kappa shape index (κ3) is 2.18. The van der Waals surface area contributed by atoms with E-state index in [1.807, 2.05) is 12.3 Å². The molecule has 0 bridgehead atoms. The first kappa shape index (κ1) is 13.2. The standard InChI is InChI=1S/C15H25N3/c1-6-16-13-9-11(7-8-17-13)18-10-12-14(2,3)15(12,4)5/h7-9,12H,6,10H2,1-5H3,(H2,16,17,18). The van der Waals surface area contributed by atoms with Gasteiger partial charge < -0.3 is 10.6 Å². The van der Waals surface area contributed by atoms with E-state index >= 15 is 0 Å². The van der Waals surface area contributed by atoms with Crippen molar-refractivity contribution < 1.29 is 0 Å². The van der Waals surface area contributed by atoms with Gasteiger partial charge in [0.2, 0.25) is 0 Å². The van der Waals surface area contributed by atoms with Crippen LogP contribution in [0.25, 0.3) is 0 Å². The van der Waals surface area contributed by atoms with Gasteiger partial charge in [-0.05, 0) is 29.7 Å². The summed E-state index contributed by atoms with van der Waals surface area (Å²) < 4.78 is 0. The van der Waals surface area contributed by atoms with Crippen molar-refractivity contribution in [3.63, 3.8) is 0 Å². The quantitative estimate of drug-likeness (QED) is 0.834. The SMILES string of the molecule is CCNc1cc(NCC2C(C)(C)C2(C)C)ccn1. The van der Waals surface area contributed by atoms with Gasteiger partial charge in [-0.1, -0.05) is 27.7 Å². The minimum absolute atomic E-state index is 0.442. The first-order valence-corrected chi connectivity index (χ1v) is 6.83. The lowest BCUT2D eigenvalue weighted by molar-refractivity contribution is 0.457. The normalized spacial score (nSPS) is 20.5. The van der Waals surface area contributed by atoms with E-state index in [2.05, 4.69) is 56.3 Å². The van der Waals surface area contributed by atoms with Crippen LogP contribution in [0, 0.1) is 16.7 Å². The van der Waals surface area contributed by atoms with Gasteiger partial charge in [-0.15, -0.1) is 0 Å². The van der Waals surface area contributed by atoms with E-state index < -0.39 is 0 Å². The molecule has 100 valence electrons. The number of anilines is 2. The monoisotopic (exact) mass is 247 g/mol. The average molecular weight is 247 g/mol. The minimum Gasteiger partial charge on any atom is -0.385 e. The molecule has 0 atom stereocenters. The van der Waals surface area contributed by atoms with Crippen LogP contribution in [0.3, 0.4) is 0 Å². The highest BCUT2D eigenvalue weighted by atomic mass is 15.0. The van der Waals surface area contributed by atoms with Crippen molar-refractivity contribution in [3.8, 4) is 0 Å². The largest absolute Gasteiger partial charge is 0.385 e. The highest BCUT2D eigenvalue weighted by Crippen LogP contribution is 2.68. The van der Waals surface area contributed by atoms with Crippen molar-refractivity contribution in [2.24, 2.45) is 16.7 Å². The molecular weight excluding hydrogens is 222 g/mol. The third-order valence-electron chi connectivity index (χ3n) is 4.95. The van der Waals surface area contributed by atoms with Crippen molar-refractivity contribution in [1.82, 2.24) is 4.98 Å². The lowest BCUT2D eigenvalue weighted by atomic mass is 10.0. The molecule has 1 fully saturated rings. The number of pyridine rings is 1. The Hall–Kier alpha value is -1.25. The third-order valence-corrected chi connectivity index (χ3v) is 4.95. The van der Waals surface area contributed by atoms with Gasteiger partial charge in [0.25, 0.3) is 0 Å². The zero-order chi connectivity index (χ0) is 13.4. The Balaban J connectivity index is 1.94. The summed E-state index contributed by atoms with van der Waals surface area (Å²) in [6.45, 7) is 13.4. The van der Waals surface area contributed by atoms with Crippen molar-refractivity contribution in [2.75, 3.05) is 23.7 Å². The number of nitrogens with zero attached hydrogens (tertiary/aromatic N) is 1. The van der Waals surface area contributed by atoms with Gasteiger partial charge in [-0.3, -0.25) is 0 Å². The maximum absolute atomic E-state index is 4.28. The zero-order valence-electron chi connectivity index (χ0n) is 12.2. The summed E-state index contributed by atoms with van der Waals surface area (Å²) in [5.41, 5.74) is 2.04. The molecule has 0 amide bonds. The molecule has 0 radical (unpaired) electrons. The van der Waals surface area contributed by atoms with Crippen molar-refractivity contribution in [2.45, 2.75) is 34.6 Å². The van der Waals surface area contributed by atoms with E-state index in [4.69, 9.17) is 0 Å². The van der Waals surface area contributed by atoms with Crippen LogP contribution >= 0.6 is 0 Å². The van der Waals surface area contributed by atoms with Crippen molar-refractivity contribution in [1.29, 1.82) is 0 Å². The van der Waals surface area contributed by atoms with Crippen LogP contribution in [0.5, 0.6) is 0 Å². The van der Waals surface area contributed by atoms with Gasteiger partial charge in [0.05, 0.1) is 0 Å². The van der Waals surface area contributed by atoms with Crippen LogP contribution in [-0.4, -0.2) is 18.1 Å². The number of nitrogens with one attached hydrogen (secondary N) is 2. The smallest absolute Gasteiger partial charge is 0.127 e. The number of rotatable bonds is 5. The van der Waals surface area contributed by atoms with Crippen molar-refractivity contribution >= 4 is 11.5 Å². The molecule has 1 aliphatic carbocycles. The molecule has 0 saturated heterocycles. The second-order valence-corrected chi connectivity index (χ2v) is 6.34. The molecule has 0 aliphatic heterocycles. The molecule has 1 aliphatic rings. The average Bonchev–Trinajstić information content (AvgIpc) is 2.68. The summed E-state index contributed by atoms with van der Waals surface area (Å²) in [7, 11) is 0. The minimum atomic E-state index is 0.442. The zero-order valence-corrected chi connectivity index (χ0v) is 12.2. The summed E-state index contributed by atoms with van der Waals surface area (Å²) in [5, 5.41) is 6.77. The molecule has 3 heteroatoms. The van der Waals surface area contributed by atoms with Gasteiger partial charge in [0.1, 0.15) is 5.82 Å². The predicted molar refractivity (Wildman–Crippen MR) is 77.9 cm³/mol. The number of hydrogen-bond acceptors (Lipinski definition) is 3. The fourth-order valence-electron chi connectivity index (χ4n) is 2.88. The fraction of sp³-hybridized carbons (Fsp3) is 0.667. The molecule has 0 aromatic carbocycles. The van der Waals surface area contributed by atoms with E-state index in [0.29, 0.717) is 10.8 Å². The maximum Gasteiger partial charge on any atom is 0.127 e. The summed E-state index contributed by atoms with van der Waals surface area (Å²) >= 11 is 0. The van der Waals surface area contributed by atoms with E-state index in [1.54, 1.807) is 0 Å². The maximum atomic E-state index is 4.28. The highest BCUT2D eigenvalue weighted by Gasteiger charge is 2.63. The van der Waals surface area contributed by atoms with Crippen LogP contribution in [0.1, 0.15) is 34.6 Å². The van der Waals surface area contributed by atoms with Crippen LogP contribution in [0.4, 0.5) is 11.5 Å². The fourth-order valence-corrected chi connectivity index (χ4v) is 2.88. The van der Waals surface area contributed by atoms with Gasteiger partial charge in [-0.25, -0.2) is 4.98 Å². The van der Waals surface area contributed by atoms with Crippen LogP contribution < -0.4 is 10.6 Å². The topological polar surface area (TPSA) is 37.0 Å². The van der Waals surface area contributed by atoms with Gasteiger partial charge >= 0.3 is 0 Å². The first-order valence-electron chi connectivity index (χ1n) is 6.83. The van der Waals surface area contributed by atoms with E-state index in [9.17, 15) is 0 Å². The molecular formula is C15H25N3. The van der Waals surface area contributed by atoms with Crippen LogP contribution in [-0.2, 0) is 0 Å². The molecule has 1 aromatic rings. The van der Waals surface area contributed by atoms with Crippen molar-refractivity contribution in [3.05, 3.63) is 18.3 Å².